The Balaban J connectivity index is 1.36. The Morgan fingerprint density at radius 1 is 1.03 bits per heavy atom. The van der Waals surface area contributed by atoms with Crippen molar-refractivity contribution >= 4 is 23.4 Å². The molecule has 5 rings (SSSR count). The number of rotatable bonds is 7. The van der Waals surface area contributed by atoms with Crippen LogP contribution in [0.25, 0.3) is 0 Å². The Morgan fingerprint density at radius 2 is 1.80 bits per heavy atom. The van der Waals surface area contributed by atoms with E-state index in [1.54, 1.807) is 4.90 Å². The molecule has 2 saturated heterocycles. The van der Waals surface area contributed by atoms with E-state index in [1.165, 1.54) is 0 Å². The summed E-state index contributed by atoms with van der Waals surface area (Å²) >= 11 is 0. The van der Waals surface area contributed by atoms with Gasteiger partial charge >= 0.3 is 0 Å². The monoisotopic (exact) mass is 482 g/mol. The van der Waals surface area contributed by atoms with Crippen molar-refractivity contribution in [3.8, 4) is 0 Å². The molecule has 0 radical (unpaired) electrons. The number of imide groups is 1. The summed E-state index contributed by atoms with van der Waals surface area (Å²) in [7, 11) is 0. The highest BCUT2D eigenvalue weighted by Crippen LogP contribution is 2.37. The van der Waals surface area contributed by atoms with Gasteiger partial charge in [-0.1, -0.05) is 6.07 Å². The second-order valence-corrected chi connectivity index (χ2v) is 10.4. The number of piperidine rings is 1. The number of carbonyl (C=O) groups is 3. The summed E-state index contributed by atoms with van der Waals surface area (Å²) in [6.07, 6.45) is 5.88. The van der Waals surface area contributed by atoms with Crippen molar-refractivity contribution in [1.29, 1.82) is 0 Å². The fourth-order valence-corrected chi connectivity index (χ4v) is 6.15. The number of benzene rings is 1. The number of amides is 3. The van der Waals surface area contributed by atoms with Crippen LogP contribution in [0.4, 0.5) is 5.69 Å². The molecule has 3 heterocycles. The number of fused-ring (bicyclic) bond motifs is 1. The van der Waals surface area contributed by atoms with Crippen molar-refractivity contribution in [2.45, 2.75) is 69.6 Å². The Kier molecular flexibility index (Phi) is 7.36. The molecule has 4 aliphatic rings. The van der Waals surface area contributed by atoms with Gasteiger partial charge in [0.1, 0.15) is 6.04 Å². The minimum Gasteiger partial charge on any atom is -0.368 e. The average Bonchev–Trinajstić information content (AvgIpc) is 3.20. The average molecular weight is 483 g/mol. The molecule has 1 aromatic rings. The van der Waals surface area contributed by atoms with E-state index in [1.807, 2.05) is 12.1 Å². The van der Waals surface area contributed by atoms with Crippen LogP contribution >= 0.6 is 0 Å². The van der Waals surface area contributed by atoms with Crippen molar-refractivity contribution in [2.75, 3.05) is 44.2 Å². The highest BCUT2D eigenvalue weighted by Gasteiger charge is 2.40. The molecule has 1 aromatic carbocycles. The third-order valence-electron chi connectivity index (χ3n) is 8.13. The Bertz CT molecular complexity index is 954. The molecule has 1 aliphatic carbocycles. The number of carbonyl (C=O) groups excluding carboxylic acids is 3. The zero-order chi connectivity index (χ0) is 24.4. The zero-order valence-electron chi connectivity index (χ0n) is 20.5. The van der Waals surface area contributed by atoms with E-state index in [4.69, 9.17) is 5.73 Å². The van der Waals surface area contributed by atoms with Crippen molar-refractivity contribution in [2.24, 2.45) is 5.73 Å². The topological polar surface area (TPSA) is 111 Å². The Labute approximate surface area is 207 Å². The maximum absolute atomic E-state index is 13.4. The lowest BCUT2D eigenvalue weighted by Gasteiger charge is -2.39. The van der Waals surface area contributed by atoms with E-state index >= 15 is 0 Å². The summed E-state index contributed by atoms with van der Waals surface area (Å²) in [6, 6.07) is 6.08. The molecular weight excluding hydrogens is 444 g/mol. The van der Waals surface area contributed by atoms with E-state index < -0.39 is 6.04 Å². The maximum atomic E-state index is 13.4. The van der Waals surface area contributed by atoms with E-state index in [2.05, 4.69) is 26.5 Å². The molecule has 9 heteroatoms. The van der Waals surface area contributed by atoms with Gasteiger partial charge in [-0.25, -0.2) is 0 Å². The van der Waals surface area contributed by atoms with Gasteiger partial charge in [-0.05, 0) is 57.2 Å². The number of nitrogens with zero attached hydrogens (tertiary/aromatic N) is 3. The first-order chi connectivity index (χ1) is 17.0. The van der Waals surface area contributed by atoms with Crippen LogP contribution in [0, 0.1) is 0 Å². The van der Waals surface area contributed by atoms with Gasteiger partial charge in [0.05, 0.1) is 0 Å². The first-order valence-electron chi connectivity index (χ1n) is 13.2. The molecule has 4 N–H and O–H groups in total. The zero-order valence-corrected chi connectivity index (χ0v) is 20.5. The molecule has 0 spiro atoms. The molecule has 1 atom stereocenters. The lowest BCUT2D eigenvalue weighted by molar-refractivity contribution is -0.136. The Morgan fingerprint density at radius 3 is 2.54 bits per heavy atom. The van der Waals surface area contributed by atoms with Crippen molar-refractivity contribution < 1.29 is 14.4 Å². The predicted molar refractivity (Wildman–Crippen MR) is 134 cm³/mol. The smallest absolute Gasteiger partial charge is 0.255 e. The highest BCUT2D eigenvalue weighted by molar-refractivity contribution is 6.06. The summed E-state index contributed by atoms with van der Waals surface area (Å²) in [6.45, 7) is 6.71. The fraction of sp³-hybridized carbons (Fsp3) is 0.654. The number of hydrogen-bond donors (Lipinski definition) is 3. The van der Waals surface area contributed by atoms with Crippen molar-refractivity contribution in [3.05, 3.63) is 29.3 Å². The first-order valence-corrected chi connectivity index (χ1v) is 13.2. The second kappa shape index (κ2) is 10.6. The van der Waals surface area contributed by atoms with Crippen LogP contribution in [0.3, 0.4) is 0 Å². The summed E-state index contributed by atoms with van der Waals surface area (Å²) in [5.74, 6) is -0.733. The minimum atomic E-state index is -0.589. The second-order valence-electron chi connectivity index (χ2n) is 10.4. The molecular formula is C26H38N6O3. The SMILES string of the molecule is NC1CCC(N(CCCN2CCNCC2)c2cccc3c2CN(C2CCC(=O)NC2=O)C3=O)CC1. The van der Waals surface area contributed by atoms with Gasteiger partial charge in [0.15, 0.2) is 0 Å². The van der Waals surface area contributed by atoms with Gasteiger partial charge in [0, 0.05) is 74.6 Å². The predicted octanol–water partition coefficient (Wildman–Crippen LogP) is 0.819. The van der Waals surface area contributed by atoms with Crippen LogP contribution in [-0.2, 0) is 16.1 Å². The summed E-state index contributed by atoms with van der Waals surface area (Å²) in [5.41, 5.74) is 9.04. The largest absolute Gasteiger partial charge is 0.368 e. The lowest BCUT2D eigenvalue weighted by atomic mass is 9.89. The number of nitrogens with one attached hydrogen (secondary N) is 2. The molecule has 190 valence electrons. The van der Waals surface area contributed by atoms with Gasteiger partial charge in [-0.3, -0.25) is 19.7 Å². The summed E-state index contributed by atoms with van der Waals surface area (Å²) in [4.78, 5) is 44.2. The van der Waals surface area contributed by atoms with Crippen LogP contribution in [0.5, 0.6) is 0 Å². The van der Waals surface area contributed by atoms with Gasteiger partial charge in [-0.2, -0.15) is 0 Å². The van der Waals surface area contributed by atoms with Gasteiger partial charge in [-0.15, -0.1) is 0 Å². The van der Waals surface area contributed by atoms with Gasteiger partial charge in [0.2, 0.25) is 11.8 Å². The molecule has 3 amide bonds. The minimum absolute atomic E-state index is 0.109. The number of nitrogens with two attached hydrogens (primary N) is 1. The van der Waals surface area contributed by atoms with Crippen LogP contribution in [0.1, 0.15) is 60.9 Å². The van der Waals surface area contributed by atoms with E-state index in [-0.39, 0.29) is 30.2 Å². The van der Waals surface area contributed by atoms with Gasteiger partial charge in [0.25, 0.3) is 5.91 Å². The standard InChI is InChI=1S/C26H38N6O3/c27-18-5-7-19(8-6-18)31(14-2-13-30-15-11-28-12-16-30)22-4-1-3-20-21(22)17-32(26(20)35)23-9-10-24(33)29-25(23)34/h1,3-4,18-19,23,28H,2,5-17,27H2,(H,29,33,34). The fourth-order valence-electron chi connectivity index (χ4n) is 6.15. The van der Waals surface area contributed by atoms with Crippen LogP contribution in [-0.4, -0.2) is 84.9 Å². The molecule has 1 unspecified atom stereocenters. The first kappa shape index (κ1) is 24.2. The highest BCUT2D eigenvalue weighted by atomic mass is 16.2. The number of anilines is 1. The van der Waals surface area contributed by atoms with Crippen LogP contribution in [0.15, 0.2) is 18.2 Å². The van der Waals surface area contributed by atoms with E-state index in [9.17, 15) is 14.4 Å². The Hall–Kier alpha value is -2.49. The third-order valence-corrected chi connectivity index (χ3v) is 8.13. The van der Waals surface area contributed by atoms with Crippen molar-refractivity contribution in [1.82, 2.24) is 20.4 Å². The van der Waals surface area contributed by atoms with E-state index in [0.29, 0.717) is 24.6 Å². The molecule has 3 aliphatic heterocycles. The lowest BCUT2D eigenvalue weighted by Crippen LogP contribution is -2.52. The number of piperazine rings is 1. The van der Waals surface area contributed by atoms with Crippen LogP contribution < -0.4 is 21.3 Å². The third kappa shape index (κ3) is 5.22. The maximum Gasteiger partial charge on any atom is 0.255 e. The molecule has 0 aromatic heterocycles. The molecule has 3 fully saturated rings. The quantitative estimate of drug-likeness (QED) is 0.494. The number of hydrogen-bond acceptors (Lipinski definition) is 7. The normalized spacial score (nSPS) is 27.6. The molecule has 0 bridgehead atoms. The van der Waals surface area contributed by atoms with Gasteiger partial charge < -0.3 is 25.8 Å². The molecule has 9 nitrogen and oxygen atoms in total. The summed E-state index contributed by atoms with van der Waals surface area (Å²) < 4.78 is 0. The molecule has 1 saturated carbocycles. The van der Waals surface area contributed by atoms with Crippen LogP contribution in [0.2, 0.25) is 0 Å². The van der Waals surface area contributed by atoms with E-state index in [0.717, 1.165) is 82.6 Å². The summed E-state index contributed by atoms with van der Waals surface area (Å²) in [5, 5.41) is 5.82. The van der Waals surface area contributed by atoms with Crippen molar-refractivity contribution in [3.63, 3.8) is 0 Å². The molecule has 35 heavy (non-hydrogen) atoms.